The molecule has 180 valence electrons. The van der Waals surface area contributed by atoms with E-state index in [4.69, 9.17) is 23.2 Å². The van der Waals surface area contributed by atoms with Gasteiger partial charge in [-0.2, -0.15) is 11.8 Å². The average Bonchev–Trinajstić information content (AvgIpc) is 2.80. The molecule has 0 radical (unpaired) electrons. The predicted octanol–water partition coefficient (Wildman–Crippen LogP) is 5.86. The van der Waals surface area contributed by atoms with E-state index in [0.29, 0.717) is 17.3 Å². The number of amides is 1. The van der Waals surface area contributed by atoms with Gasteiger partial charge < -0.3 is 5.32 Å². The lowest BCUT2D eigenvalue weighted by Crippen LogP contribution is -2.41. The molecule has 5 nitrogen and oxygen atoms in total. The second kappa shape index (κ2) is 12.0. The molecule has 0 aromatic heterocycles. The standard InChI is InChI=1S/C25H26Cl2N2O3S2/c1-18-7-10-22(11-8-18)34(31,32)29(24-15-21(26)9-12-23(24)27)16-25(30)28-13-14-33-17-20-6-4-3-5-19(20)2/h3-12,15H,13-14,16-17H2,1-2H3,(H,28,30). The van der Waals surface area contributed by atoms with E-state index in [2.05, 4.69) is 24.4 Å². The monoisotopic (exact) mass is 536 g/mol. The van der Waals surface area contributed by atoms with Crippen LogP contribution in [0.4, 0.5) is 5.69 Å². The van der Waals surface area contributed by atoms with Crippen molar-refractivity contribution in [2.24, 2.45) is 0 Å². The first-order chi connectivity index (χ1) is 16.2. The van der Waals surface area contributed by atoms with Crippen LogP contribution in [0.5, 0.6) is 0 Å². The van der Waals surface area contributed by atoms with Crippen molar-refractivity contribution in [3.63, 3.8) is 0 Å². The summed E-state index contributed by atoms with van der Waals surface area (Å²) in [4.78, 5) is 12.8. The van der Waals surface area contributed by atoms with Gasteiger partial charge >= 0.3 is 0 Å². The molecule has 1 amide bonds. The first-order valence-electron chi connectivity index (χ1n) is 10.6. The number of rotatable bonds is 10. The molecule has 34 heavy (non-hydrogen) atoms. The highest BCUT2D eigenvalue weighted by atomic mass is 35.5. The molecule has 0 spiro atoms. The van der Waals surface area contributed by atoms with Crippen LogP contribution in [-0.4, -0.2) is 33.2 Å². The van der Waals surface area contributed by atoms with Crippen LogP contribution in [0.3, 0.4) is 0 Å². The lowest BCUT2D eigenvalue weighted by molar-refractivity contribution is -0.119. The largest absolute Gasteiger partial charge is 0.354 e. The molecule has 0 aliphatic rings. The first kappa shape index (κ1) is 26.4. The second-order valence-electron chi connectivity index (χ2n) is 7.75. The zero-order chi connectivity index (χ0) is 24.7. The van der Waals surface area contributed by atoms with Crippen LogP contribution in [-0.2, 0) is 20.6 Å². The summed E-state index contributed by atoms with van der Waals surface area (Å²) in [6.07, 6.45) is 0. The molecule has 0 unspecified atom stereocenters. The fraction of sp³-hybridized carbons (Fsp3) is 0.240. The Morgan fingerprint density at radius 1 is 1.00 bits per heavy atom. The van der Waals surface area contributed by atoms with Crippen molar-refractivity contribution in [1.82, 2.24) is 5.32 Å². The summed E-state index contributed by atoms with van der Waals surface area (Å²) in [6, 6.07) is 19.1. The molecule has 9 heteroatoms. The molecule has 0 aliphatic carbocycles. The summed E-state index contributed by atoms with van der Waals surface area (Å²) in [5, 5.41) is 3.31. The molecule has 1 N–H and O–H groups in total. The Balaban J connectivity index is 1.70. The summed E-state index contributed by atoms with van der Waals surface area (Å²) in [5.74, 6) is 1.11. The van der Waals surface area contributed by atoms with Gasteiger partial charge in [0.2, 0.25) is 5.91 Å². The highest BCUT2D eigenvalue weighted by Gasteiger charge is 2.29. The Hall–Kier alpha value is -2.19. The SMILES string of the molecule is Cc1ccc(S(=O)(=O)N(CC(=O)NCCSCc2ccccc2C)c2cc(Cl)ccc2Cl)cc1. The van der Waals surface area contributed by atoms with Gasteiger partial charge in [-0.05, 0) is 55.3 Å². The van der Waals surface area contributed by atoms with E-state index in [1.807, 2.05) is 19.1 Å². The third-order valence-corrected chi connectivity index (χ3v) is 8.50. The number of halogens is 2. The summed E-state index contributed by atoms with van der Waals surface area (Å²) >= 11 is 14.1. The van der Waals surface area contributed by atoms with E-state index >= 15 is 0 Å². The first-order valence-corrected chi connectivity index (χ1v) is 14.0. The number of thioether (sulfide) groups is 1. The van der Waals surface area contributed by atoms with Crippen LogP contribution in [0, 0.1) is 13.8 Å². The van der Waals surface area contributed by atoms with E-state index in [0.717, 1.165) is 15.6 Å². The van der Waals surface area contributed by atoms with Crippen molar-refractivity contribution in [1.29, 1.82) is 0 Å². The Morgan fingerprint density at radius 2 is 1.71 bits per heavy atom. The topological polar surface area (TPSA) is 66.5 Å². The van der Waals surface area contributed by atoms with Crippen LogP contribution >= 0.6 is 35.0 Å². The zero-order valence-electron chi connectivity index (χ0n) is 18.9. The molecule has 0 heterocycles. The molecule has 3 aromatic rings. The zero-order valence-corrected chi connectivity index (χ0v) is 22.1. The Labute approximate surface area is 215 Å². The molecule has 0 fully saturated rings. The highest BCUT2D eigenvalue weighted by Crippen LogP contribution is 2.33. The minimum absolute atomic E-state index is 0.0655. The lowest BCUT2D eigenvalue weighted by Gasteiger charge is -2.25. The van der Waals surface area contributed by atoms with Crippen molar-refractivity contribution in [2.45, 2.75) is 24.5 Å². The maximum atomic E-state index is 13.4. The fourth-order valence-corrected chi connectivity index (χ4v) is 6.02. The van der Waals surface area contributed by atoms with Crippen molar-refractivity contribution < 1.29 is 13.2 Å². The summed E-state index contributed by atoms with van der Waals surface area (Å²) in [6.45, 7) is 3.93. The smallest absolute Gasteiger partial charge is 0.264 e. The molecule has 0 aliphatic heterocycles. The van der Waals surface area contributed by atoms with Gasteiger partial charge in [-0.1, -0.05) is 65.2 Å². The van der Waals surface area contributed by atoms with Crippen molar-refractivity contribution in [2.75, 3.05) is 23.1 Å². The van der Waals surface area contributed by atoms with E-state index in [-0.39, 0.29) is 15.6 Å². The number of aryl methyl sites for hydroxylation is 2. The molecule has 0 saturated carbocycles. The van der Waals surface area contributed by atoms with Gasteiger partial charge in [0.05, 0.1) is 15.6 Å². The van der Waals surface area contributed by atoms with E-state index in [1.165, 1.54) is 35.4 Å². The number of nitrogens with zero attached hydrogens (tertiary/aromatic N) is 1. The number of sulfonamides is 1. The maximum Gasteiger partial charge on any atom is 0.264 e. The summed E-state index contributed by atoms with van der Waals surface area (Å²) in [5.41, 5.74) is 3.56. The van der Waals surface area contributed by atoms with Gasteiger partial charge in [0.15, 0.2) is 0 Å². The van der Waals surface area contributed by atoms with Crippen LogP contribution in [0.2, 0.25) is 10.0 Å². The van der Waals surface area contributed by atoms with Gasteiger partial charge in [0, 0.05) is 23.1 Å². The van der Waals surface area contributed by atoms with Gasteiger partial charge in [-0.15, -0.1) is 0 Å². The normalized spacial score (nSPS) is 11.3. The molecule has 3 aromatic carbocycles. The van der Waals surface area contributed by atoms with Crippen LogP contribution in [0.15, 0.2) is 71.6 Å². The minimum Gasteiger partial charge on any atom is -0.354 e. The Bertz CT molecular complexity index is 1250. The Morgan fingerprint density at radius 3 is 2.41 bits per heavy atom. The van der Waals surface area contributed by atoms with Gasteiger partial charge in [-0.25, -0.2) is 8.42 Å². The third-order valence-electron chi connectivity index (χ3n) is 5.16. The van der Waals surface area contributed by atoms with Crippen LogP contribution in [0.25, 0.3) is 0 Å². The van der Waals surface area contributed by atoms with Crippen LogP contribution in [0.1, 0.15) is 16.7 Å². The summed E-state index contributed by atoms with van der Waals surface area (Å²) < 4.78 is 27.9. The molecule has 3 rings (SSSR count). The molecule has 0 atom stereocenters. The molecular formula is C25H26Cl2N2O3S2. The maximum absolute atomic E-state index is 13.4. The molecular weight excluding hydrogens is 511 g/mol. The van der Waals surface area contributed by atoms with E-state index < -0.39 is 22.5 Å². The number of carbonyl (C=O) groups excluding carboxylic acids is 1. The van der Waals surface area contributed by atoms with Gasteiger partial charge in [-0.3, -0.25) is 9.10 Å². The predicted molar refractivity (Wildman–Crippen MR) is 143 cm³/mol. The average molecular weight is 538 g/mol. The lowest BCUT2D eigenvalue weighted by atomic mass is 10.1. The number of carbonyl (C=O) groups is 1. The number of hydrogen-bond donors (Lipinski definition) is 1. The quantitative estimate of drug-likeness (QED) is 0.329. The van der Waals surface area contributed by atoms with Crippen molar-refractivity contribution in [3.8, 4) is 0 Å². The fourth-order valence-electron chi connectivity index (χ4n) is 3.22. The van der Waals surface area contributed by atoms with E-state index in [1.54, 1.807) is 30.0 Å². The van der Waals surface area contributed by atoms with Gasteiger partial charge in [0.1, 0.15) is 6.54 Å². The highest BCUT2D eigenvalue weighted by molar-refractivity contribution is 7.98. The molecule has 0 saturated heterocycles. The number of anilines is 1. The molecule has 0 bridgehead atoms. The Kier molecular flexibility index (Phi) is 9.31. The van der Waals surface area contributed by atoms with Crippen molar-refractivity contribution >= 4 is 56.6 Å². The number of nitrogens with one attached hydrogen (secondary N) is 1. The summed E-state index contributed by atoms with van der Waals surface area (Å²) in [7, 11) is -4.06. The third kappa shape index (κ3) is 6.92. The van der Waals surface area contributed by atoms with Crippen molar-refractivity contribution in [3.05, 3.63) is 93.5 Å². The second-order valence-corrected chi connectivity index (χ2v) is 11.6. The van der Waals surface area contributed by atoms with E-state index in [9.17, 15) is 13.2 Å². The van der Waals surface area contributed by atoms with Crippen LogP contribution < -0.4 is 9.62 Å². The number of hydrogen-bond acceptors (Lipinski definition) is 4. The van der Waals surface area contributed by atoms with Gasteiger partial charge in [0.25, 0.3) is 10.0 Å². The number of benzene rings is 3. The minimum atomic E-state index is -4.06.